The number of nitrogens with one attached hydrogen (secondary N) is 1. The van der Waals surface area contributed by atoms with Crippen molar-refractivity contribution in [1.82, 2.24) is 4.98 Å². The molecular formula is C19H17N3O3S. The van der Waals surface area contributed by atoms with Gasteiger partial charge in [0.15, 0.2) is 0 Å². The fraction of sp³-hybridized carbons (Fsp3) is 0.105. The van der Waals surface area contributed by atoms with Crippen LogP contribution in [0.4, 0.5) is 5.13 Å². The molecule has 0 bridgehead atoms. The second kappa shape index (κ2) is 8.26. The molecule has 1 aromatic heterocycles. The van der Waals surface area contributed by atoms with E-state index in [2.05, 4.69) is 15.5 Å². The van der Waals surface area contributed by atoms with Crippen LogP contribution in [-0.2, 0) is 6.61 Å². The molecule has 1 heterocycles. The molecule has 0 amide bonds. The Kier molecular flexibility index (Phi) is 5.60. The highest BCUT2D eigenvalue weighted by Gasteiger charge is 2.12. The third-order valence-corrected chi connectivity index (χ3v) is 4.33. The second-order valence-corrected chi connectivity index (χ2v) is 6.36. The van der Waals surface area contributed by atoms with Gasteiger partial charge in [0, 0.05) is 5.38 Å². The van der Waals surface area contributed by atoms with Crippen LogP contribution in [-0.4, -0.2) is 22.3 Å². The molecule has 0 aliphatic heterocycles. The first-order valence-electron chi connectivity index (χ1n) is 7.87. The molecule has 0 fully saturated rings. The van der Waals surface area contributed by atoms with E-state index in [1.807, 2.05) is 42.6 Å². The first-order valence-corrected chi connectivity index (χ1v) is 8.75. The van der Waals surface area contributed by atoms with Gasteiger partial charge in [0.05, 0.1) is 11.9 Å². The fourth-order valence-electron chi connectivity index (χ4n) is 2.22. The van der Waals surface area contributed by atoms with Gasteiger partial charge in [-0.2, -0.15) is 5.10 Å². The van der Waals surface area contributed by atoms with Crippen LogP contribution in [0, 0.1) is 6.92 Å². The molecule has 0 aliphatic rings. The van der Waals surface area contributed by atoms with E-state index in [0.29, 0.717) is 23.1 Å². The molecule has 2 aromatic carbocycles. The molecule has 0 aliphatic carbocycles. The van der Waals surface area contributed by atoms with E-state index in [9.17, 15) is 9.90 Å². The standard InChI is InChI=1S/C19H17N3O3S/c1-13-12-26-19(21-13)22-20-10-15-7-8-17(16(9-15)18(23)24)25-11-14-5-3-2-4-6-14/h2-10,12H,11H2,1H3,(H,21,22)(H,23,24). The van der Waals surface area contributed by atoms with Crippen LogP contribution in [0.1, 0.15) is 27.2 Å². The van der Waals surface area contributed by atoms with E-state index >= 15 is 0 Å². The SMILES string of the molecule is Cc1csc(NN=Cc2ccc(OCc3ccccc3)c(C(=O)O)c2)n1. The number of hydrogen-bond donors (Lipinski definition) is 2. The summed E-state index contributed by atoms with van der Waals surface area (Å²) in [4.78, 5) is 15.8. The lowest BCUT2D eigenvalue weighted by Gasteiger charge is -2.10. The molecule has 0 saturated carbocycles. The predicted molar refractivity (Wildman–Crippen MR) is 102 cm³/mol. The van der Waals surface area contributed by atoms with Crippen LogP contribution >= 0.6 is 11.3 Å². The summed E-state index contributed by atoms with van der Waals surface area (Å²) in [5, 5.41) is 16.1. The molecule has 0 spiro atoms. The van der Waals surface area contributed by atoms with Crippen molar-refractivity contribution in [3.63, 3.8) is 0 Å². The lowest BCUT2D eigenvalue weighted by Crippen LogP contribution is -2.04. The predicted octanol–water partition coefficient (Wildman–Crippen LogP) is 4.17. The monoisotopic (exact) mass is 367 g/mol. The third kappa shape index (κ3) is 4.67. The maximum absolute atomic E-state index is 11.5. The summed E-state index contributed by atoms with van der Waals surface area (Å²) in [6, 6.07) is 14.5. The molecule has 2 N–H and O–H groups in total. The number of carbonyl (C=O) groups is 1. The quantitative estimate of drug-likeness (QED) is 0.483. The van der Waals surface area contributed by atoms with Gasteiger partial charge in [-0.25, -0.2) is 9.78 Å². The number of anilines is 1. The van der Waals surface area contributed by atoms with Gasteiger partial charge in [0.25, 0.3) is 0 Å². The van der Waals surface area contributed by atoms with Crippen molar-refractivity contribution in [3.8, 4) is 5.75 Å². The third-order valence-electron chi connectivity index (χ3n) is 3.46. The number of benzene rings is 2. The van der Waals surface area contributed by atoms with E-state index < -0.39 is 5.97 Å². The molecule has 132 valence electrons. The van der Waals surface area contributed by atoms with Gasteiger partial charge in [-0.3, -0.25) is 5.43 Å². The van der Waals surface area contributed by atoms with Crippen molar-refractivity contribution < 1.29 is 14.6 Å². The van der Waals surface area contributed by atoms with Crippen molar-refractivity contribution in [2.24, 2.45) is 5.10 Å². The van der Waals surface area contributed by atoms with Crippen LogP contribution in [0.3, 0.4) is 0 Å². The normalized spacial score (nSPS) is 10.8. The number of aryl methyl sites for hydroxylation is 1. The number of rotatable bonds is 7. The van der Waals surface area contributed by atoms with E-state index in [1.165, 1.54) is 17.4 Å². The fourth-order valence-corrected chi connectivity index (χ4v) is 2.86. The van der Waals surface area contributed by atoms with E-state index in [1.54, 1.807) is 18.3 Å². The molecule has 6 nitrogen and oxygen atoms in total. The molecule has 26 heavy (non-hydrogen) atoms. The zero-order valence-electron chi connectivity index (χ0n) is 14.0. The Bertz CT molecular complexity index is 923. The van der Waals surface area contributed by atoms with Crippen LogP contribution in [0.2, 0.25) is 0 Å². The summed E-state index contributed by atoms with van der Waals surface area (Å²) in [5.74, 6) is -0.728. The summed E-state index contributed by atoms with van der Waals surface area (Å²) in [6.45, 7) is 2.21. The Balaban J connectivity index is 1.70. The minimum atomic E-state index is -1.05. The first kappa shape index (κ1) is 17.6. The number of aromatic nitrogens is 1. The molecule has 0 saturated heterocycles. The van der Waals surface area contributed by atoms with Crippen molar-refractivity contribution in [2.45, 2.75) is 13.5 Å². The van der Waals surface area contributed by atoms with Crippen LogP contribution in [0.15, 0.2) is 59.0 Å². The Hall–Kier alpha value is -3.19. The Morgan fingerprint density at radius 3 is 2.81 bits per heavy atom. The number of carboxylic acids is 1. The Morgan fingerprint density at radius 1 is 1.31 bits per heavy atom. The number of ether oxygens (including phenoxy) is 1. The Labute approximate surface area is 154 Å². The van der Waals surface area contributed by atoms with Gasteiger partial charge < -0.3 is 9.84 Å². The Morgan fingerprint density at radius 2 is 2.12 bits per heavy atom. The van der Waals surface area contributed by atoms with Crippen molar-refractivity contribution >= 4 is 28.7 Å². The van der Waals surface area contributed by atoms with Gasteiger partial charge in [-0.1, -0.05) is 30.3 Å². The number of hydrazone groups is 1. The molecule has 0 atom stereocenters. The van der Waals surface area contributed by atoms with Gasteiger partial charge in [-0.05, 0) is 36.2 Å². The van der Waals surface area contributed by atoms with Gasteiger partial charge in [0.2, 0.25) is 5.13 Å². The average Bonchev–Trinajstić information content (AvgIpc) is 3.06. The summed E-state index contributed by atoms with van der Waals surface area (Å²) in [7, 11) is 0. The number of nitrogens with zero attached hydrogens (tertiary/aromatic N) is 2. The van der Waals surface area contributed by atoms with E-state index in [0.717, 1.165) is 11.3 Å². The number of carboxylic acid groups (broad SMARTS) is 1. The van der Waals surface area contributed by atoms with Gasteiger partial charge >= 0.3 is 5.97 Å². The smallest absolute Gasteiger partial charge is 0.339 e. The van der Waals surface area contributed by atoms with E-state index in [4.69, 9.17) is 4.74 Å². The zero-order chi connectivity index (χ0) is 18.4. The minimum absolute atomic E-state index is 0.0926. The lowest BCUT2D eigenvalue weighted by atomic mass is 10.1. The lowest BCUT2D eigenvalue weighted by molar-refractivity contribution is 0.0691. The molecule has 7 heteroatoms. The topological polar surface area (TPSA) is 83.8 Å². The summed E-state index contributed by atoms with van der Waals surface area (Å²) in [5.41, 5.74) is 5.45. The van der Waals surface area contributed by atoms with Crippen molar-refractivity contribution in [1.29, 1.82) is 0 Å². The van der Waals surface area contributed by atoms with Crippen LogP contribution in [0.25, 0.3) is 0 Å². The first-order chi connectivity index (χ1) is 12.6. The minimum Gasteiger partial charge on any atom is -0.488 e. The second-order valence-electron chi connectivity index (χ2n) is 5.50. The van der Waals surface area contributed by atoms with Crippen molar-refractivity contribution in [2.75, 3.05) is 5.43 Å². The number of thiazole rings is 1. The number of aromatic carboxylic acids is 1. The zero-order valence-corrected chi connectivity index (χ0v) is 14.9. The summed E-state index contributed by atoms with van der Waals surface area (Å²) >= 11 is 1.45. The van der Waals surface area contributed by atoms with Crippen molar-refractivity contribution in [3.05, 3.63) is 76.3 Å². The van der Waals surface area contributed by atoms with Gasteiger partial charge in [-0.15, -0.1) is 11.3 Å². The summed E-state index contributed by atoms with van der Waals surface area (Å²) in [6.07, 6.45) is 1.55. The highest BCUT2D eigenvalue weighted by atomic mass is 32.1. The largest absolute Gasteiger partial charge is 0.488 e. The molecular weight excluding hydrogens is 350 g/mol. The van der Waals surface area contributed by atoms with Crippen LogP contribution < -0.4 is 10.2 Å². The van der Waals surface area contributed by atoms with E-state index in [-0.39, 0.29) is 5.56 Å². The highest BCUT2D eigenvalue weighted by molar-refractivity contribution is 7.13. The number of hydrogen-bond acceptors (Lipinski definition) is 6. The molecule has 3 aromatic rings. The molecule has 0 radical (unpaired) electrons. The maximum atomic E-state index is 11.5. The van der Waals surface area contributed by atoms with Crippen LogP contribution in [0.5, 0.6) is 5.75 Å². The average molecular weight is 367 g/mol. The molecule has 0 unspecified atom stereocenters. The maximum Gasteiger partial charge on any atom is 0.339 e. The highest BCUT2D eigenvalue weighted by Crippen LogP contribution is 2.21. The molecule has 3 rings (SSSR count). The van der Waals surface area contributed by atoms with Gasteiger partial charge in [0.1, 0.15) is 17.9 Å². The summed E-state index contributed by atoms with van der Waals surface area (Å²) < 4.78 is 5.67.